The maximum atomic E-state index is 9.52. The van der Waals surface area contributed by atoms with Gasteiger partial charge in [0.05, 0.1) is 19.4 Å². The molecule has 0 amide bonds. The summed E-state index contributed by atoms with van der Waals surface area (Å²) in [6.07, 6.45) is 1.72. The molecule has 0 unspecified atom stereocenters. The third-order valence-electron chi connectivity index (χ3n) is 2.71. The van der Waals surface area contributed by atoms with Gasteiger partial charge in [-0.3, -0.25) is 4.99 Å². The van der Waals surface area contributed by atoms with Gasteiger partial charge in [0.1, 0.15) is 5.75 Å². The van der Waals surface area contributed by atoms with Crippen molar-refractivity contribution in [3.05, 3.63) is 48.0 Å². The Bertz CT molecular complexity index is 591. The van der Waals surface area contributed by atoms with Gasteiger partial charge in [-0.1, -0.05) is 0 Å². The molecular weight excluding hydrogens is 254 g/mol. The zero-order chi connectivity index (χ0) is 14.4. The molecule has 0 spiro atoms. The van der Waals surface area contributed by atoms with Crippen molar-refractivity contribution >= 4 is 11.9 Å². The highest BCUT2D eigenvalue weighted by molar-refractivity contribution is 5.83. The minimum absolute atomic E-state index is 0.116. The molecule has 0 bridgehead atoms. The van der Waals surface area contributed by atoms with Crippen LogP contribution in [0.15, 0.2) is 47.5 Å². The molecule has 0 saturated carbocycles. The summed E-state index contributed by atoms with van der Waals surface area (Å²) in [5.41, 5.74) is 1.69. The summed E-state index contributed by atoms with van der Waals surface area (Å²) in [5.74, 6) is 1.38. The van der Waals surface area contributed by atoms with Crippen molar-refractivity contribution in [1.82, 2.24) is 0 Å². The molecule has 0 saturated heterocycles. The Morgan fingerprint density at radius 3 is 2.55 bits per heavy atom. The second-order valence-electron chi connectivity index (χ2n) is 4.12. The van der Waals surface area contributed by atoms with Crippen LogP contribution in [-0.4, -0.2) is 25.0 Å². The van der Waals surface area contributed by atoms with Crippen molar-refractivity contribution in [2.24, 2.45) is 4.99 Å². The minimum atomic E-state index is 0.116. The number of methoxy groups -OCH3 is 1. The van der Waals surface area contributed by atoms with Crippen LogP contribution in [0.2, 0.25) is 0 Å². The van der Waals surface area contributed by atoms with Crippen molar-refractivity contribution in [1.29, 1.82) is 0 Å². The molecule has 2 rings (SSSR count). The van der Waals surface area contributed by atoms with Crippen LogP contribution in [-0.2, 0) is 0 Å². The lowest BCUT2D eigenvalue weighted by molar-refractivity contribution is 0.340. The van der Waals surface area contributed by atoms with Crippen LogP contribution in [0, 0.1) is 0 Å². The van der Waals surface area contributed by atoms with E-state index in [1.54, 1.807) is 24.4 Å². The highest BCUT2D eigenvalue weighted by Gasteiger charge is 2.00. The molecule has 0 heterocycles. The SMILES string of the molecule is CCOc1ccc(N=Cc2ccc(O)c(OC)c2)cc1. The highest BCUT2D eigenvalue weighted by atomic mass is 16.5. The van der Waals surface area contributed by atoms with Crippen molar-refractivity contribution in [3.8, 4) is 17.2 Å². The third kappa shape index (κ3) is 3.51. The van der Waals surface area contributed by atoms with Crippen LogP contribution in [0.25, 0.3) is 0 Å². The molecule has 0 aromatic heterocycles. The van der Waals surface area contributed by atoms with Gasteiger partial charge in [-0.2, -0.15) is 0 Å². The molecule has 0 radical (unpaired) electrons. The smallest absolute Gasteiger partial charge is 0.161 e. The maximum absolute atomic E-state index is 9.52. The third-order valence-corrected chi connectivity index (χ3v) is 2.71. The zero-order valence-corrected chi connectivity index (χ0v) is 11.5. The lowest BCUT2D eigenvalue weighted by Crippen LogP contribution is -1.90. The molecule has 20 heavy (non-hydrogen) atoms. The lowest BCUT2D eigenvalue weighted by Gasteiger charge is -2.04. The van der Waals surface area contributed by atoms with E-state index >= 15 is 0 Å². The number of phenolic OH excluding ortho intramolecular Hbond substituents is 1. The van der Waals surface area contributed by atoms with Crippen LogP contribution in [0.4, 0.5) is 5.69 Å². The molecule has 2 aromatic rings. The van der Waals surface area contributed by atoms with E-state index in [2.05, 4.69) is 4.99 Å². The minimum Gasteiger partial charge on any atom is -0.504 e. The largest absolute Gasteiger partial charge is 0.504 e. The van der Waals surface area contributed by atoms with Gasteiger partial charge in [-0.15, -0.1) is 0 Å². The number of phenols is 1. The number of rotatable bonds is 5. The van der Waals surface area contributed by atoms with E-state index in [0.717, 1.165) is 17.0 Å². The van der Waals surface area contributed by atoms with Gasteiger partial charge in [-0.05, 0) is 55.0 Å². The molecule has 1 N–H and O–H groups in total. The quantitative estimate of drug-likeness (QED) is 0.846. The number of hydrogen-bond acceptors (Lipinski definition) is 4. The Labute approximate surface area is 118 Å². The van der Waals surface area contributed by atoms with E-state index in [-0.39, 0.29) is 5.75 Å². The van der Waals surface area contributed by atoms with Crippen molar-refractivity contribution < 1.29 is 14.6 Å². The summed E-state index contributed by atoms with van der Waals surface area (Å²) in [7, 11) is 1.52. The molecule has 0 atom stereocenters. The van der Waals surface area contributed by atoms with E-state index in [0.29, 0.717) is 12.4 Å². The first-order valence-electron chi connectivity index (χ1n) is 6.37. The fraction of sp³-hybridized carbons (Fsp3) is 0.188. The first-order valence-corrected chi connectivity index (χ1v) is 6.37. The molecule has 0 fully saturated rings. The molecular formula is C16H17NO3. The van der Waals surface area contributed by atoms with E-state index < -0.39 is 0 Å². The van der Waals surface area contributed by atoms with E-state index in [1.165, 1.54) is 7.11 Å². The average Bonchev–Trinajstić information content (AvgIpc) is 2.48. The molecule has 0 aliphatic heterocycles. The molecule has 0 aliphatic carbocycles. The molecule has 104 valence electrons. The van der Waals surface area contributed by atoms with Gasteiger partial charge in [-0.25, -0.2) is 0 Å². The predicted molar refractivity (Wildman–Crippen MR) is 79.5 cm³/mol. The van der Waals surface area contributed by atoms with Gasteiger partial charge in [0.15, 0.2) is 11.5 Å². The number of aromatic hydroxyl groups is 1. The van der Waals surface area contributed by atoms with Gasteiger partial charge >= 0.3 is 0 Å². The molecule has 2 aromatic carbocycles. The summed E-state index contributed by atoms with van der Waals surface area (Å²) in [4.78, 5) is 4.37. The van der Waals surface area contributed by atoms with Crippen molar-refractivity contribution in [3.63, 3.8) is 0 Å². The van der Waals surface area contributed by atoms with Crippen LogP contribution in [0.3, 0.4) is 0 Å². The standard InChI is InChI=1S/C16H17NO3/c1-3-20-14-7-5-13(6-8-14)17-11-12-4-9-15(18)16(10-12)19-2/h4-11,18H,3H2,1-2H3. The number of ether oxygens (including phenoxy) is 2. The number of aliphatic imine (C=N–C) groups is 1. The summed E-state index contributed by atoms with van der Waals surface area (Å²) < 4.78 is 10.4. The van der Waals surface area contributed by atoms with Gasteiger partial charge in [0.2, 0.25) is 0 Å². The number of nitrogens with zero attached hydrogens (tertiary/aromatic N) is 1. The van der Waals surface area contributed by atoms with E-state index in [9.17, 15) is 5.11 Å². The Hall–Kier alpha value is -2.49. The Kier molecular flexibility index (Phi) is 4.60. The van der Waals surface area contributed by atoms with Gasteiger partial charge in [0.25, 0.3) is 0 Å². The summed E-state index contributed by atoms with van der Waals surface area (Å²) in [5, 5.41) is 9.52. The van der Waals surface area contributed by atoms with Crippen LogP contribution < -0.4 is 9.47 Å². The maximum Gasteiger partial charge on any atom is 0.161 e. The average molecular weight is 271 g/mol. The molecule has 0 aliphatic rings. The number of benzene rings is 2. The first-order chi connectivity index (χ1) is 9.72. The van der Waals surface area contributed by atoms with Crippen molar-refractivity contribution in [2.45, 2.75) is 6.92 Å². The molecule has 4 nitrogen and oxygen atoms in total. The Morgan fingerprint density at radius 2 is 1.90 bits per heavy atom. The molecule has 4 heteroatoms. The van der Waals surface area contributed by atoms with Gasteiger partial charge in [0, 0.05) is 6.21 Å². The lowest BCUT2D eigenvalue weighted by atomic mass is 10.2. The fourth-order valence-electron chi connectivity index (χ4n) is 1.72. The van der Waals surface area contributed by atoms with E-state index in [4.69, 9.17) is 9.47 Å². The van der Waals surface area contributed by atoms with Gasteiger partial charge < -0.3 is 14.6 Å². The van der Waals surface area contributed by atoms with Crippen LogP contribution in [0.5, 0.6) is 17.2 Å². The normalized spacial score (nSPS) is 10.7. The Morgan fingerprint density at radius 1 is 1.15 bits per heavy atom. The summed E-state index contributed by atoms with van der Waals surface area (Å²) in [6, 6.07) is 12.6. The summed E-state index contributed by atoms with van der Waals surface area (Å²) in [6.45, 7) is 2.60. The van der Waals surface area contributed by atoms with Crippen molar-refractivity contribution in [2.75, 3.05) is 13.7 Å². The predicted octanol–water partition coefficient (Wildman–Crippen LogP) is 3.55. The van der Waals surface area contributed by atoms with E-state index in [1.807, 2.05) is 31.2 Å². The van der Waals surface area contributed by atoms with Crippen LogP contribution >= 0.6 is 0 Å². The number of hydrogen-bond donors (Lipinski definition) is 1. The first kappa shape index (κ1) is 13.9. The second kappa shape index (κ2) is 6.61. The summed E-state index contributed by atoms with van der Waals surface area (Å²) >= 11 is 0. The highest BCUT2D eigenvalue weighted by Crippen LogP contribution is 2.26. The van der Waals surface area contributed by atoms with Crippen LogP contribution in [0.1, 0.15) is 12.5 Å². The zero-order valence-electron chi connectivity index (χ0n) is 11.5. The fourth-order valence-corrected chi connectivity index (χ4v) is 1.72. The Balaban J connectivity index is 2.12. The topological polar surface area (TPSA) is 51.0 Å². The monoisotopic (exact) mass is 271 g/mol. The second-order valence-corrected chi connectivity index (χ2v) is 4.12.